The van der Waals surface area contributed by atoms with E-state index in [0.29, 0.717) is 17.5 Å². The van der Waals surface area contributed by atoms with Crippen LogP contribution in [0.4, 0.5) is 0 Å². The first-order chi connectivity index (χ1) is 31.7. The van der Waals surface area contributed by atoms with Gasteiger partial charge in [0.1, 0.15) is 5.65 Å². The minimum absolute atomic E-state index is 0.499. The Morgan fingerprint density at radius 2 is 0.781 bits per heavy atom. The topological polar surface area (TPSA) is 56.0 Å². The van der Waals surface area contributed by atoms with Crippen LogP contribution in [-0.4, -0.2) is 24.3 Å². The molecule has 0 N–H and O–H groups in total. The zero-order chi connectivity index (χ0) is 42.2. The smallest absolute Gasteiger partial charge is 0.164 e. The standard InChI is InChI=1S/C59H37N5/c1-3-18-38(19-4-1)40-22-17-23-41(36-40)56-61-57(63-58(62-56)48-28-8-7-27-47(48)55-54(39-20-5-2-6-21-39)60-53-32-15-16-35-64(53)55)42-33-34-46-45-26-11-14-31-51(45)59(52(46)37-42)49-29-12-9-24-43(49)44-25-10-13-30-50(44)59/h1-37H. The summed E-state index contributed by atoms with van der Waals surface area (Å²) in [6, 6.07) is 77.5. The van der Waals surface area contributed by atoms with E-state index in [2.05, 4.69) is 211 Å². The highest BCUT2D eigenvalue weighted by molar-refractivity contribution is 5.96. The van der Waals surface area contributed by atoms with Crippen molar-refractivity contribution >= 4 is 5.65 Å². The predicted molar refractivity (Wildman–Crippen MR) is 257 cm³/mol. The molecule has 0 amide bonds. The van der Waals surface area contributed by atoms with Crippen LogP contribution < -0.4 is 0 Å². The van der Waals surface area contributed by atoms with E-state index in [1.54, 1.807) is 0 Å². The lowest BCUT2D eigenvalue weighted by molar-refractivity contribution is 0.794. The molecule has 3 aromatic heterocycles. The Kier molecular flexibility index (Phi) is 8.06. The molecule has 2 aliphatic carbocycles. The Bertz CT molecular complexity index is 3560. The van der Waals surface area contributed by atoms with Crippen molar-refractivity contribution in [1.29, 1.82) is 0 Å². The zero-order valence-electron chi connectivity index (χ0n) is 34.6. The Hall–Kier alpha value is -8.54. The first-order valence-corrected chi connectivity index (χ1v) is 21.7. The highest BCUT2D eigenvalue weighted by Gasteiger charge is 2.51. The average molecular weight is 816 g/mol. The summed E-state index contributed by atoms with van der Waals surface area (Å²) in [4.78, 5) is 21.4. The lowest BCUT2D eigenvalue weighted by Crippen LogP contribution is -2.25. The molecule has 0 unspecified atom stereocenters. The van der Waals surface area contributed by atoms with E-state index in [9.17, 15) is 0 Å². The molecule has 2 aliphatic rings. The molecular formula is C59H37N5. The fourth-order valence-corrected chi connectivity index (χ4v) is 10.4. The molecule has 11 aromatic rings. The third kappa shape index (κ3) is 5.37. The van der Waals surface area contributed by atoms with Gasteiger partial charge in [0.2, 0.25) is 0 Å². The molecule has 0 atom stereocenters. The van der Waals surface area contributed by atoms with Crippen LogP contribution in [0, 0.1) is 0 Å². The van der Waals surface area contributed by atoms with Crippen molar-refractivity contribution in [3.8, 4) is 90.1 Å². The molecule has 0 bridgehead atoms. The van der Waals surface area contributed by atoms with Crippen molar-refractivity contribution in [1.82, 2.24) is 24.3 Å². The summed E-state index contributed by atoms with van der Waals surface area (Å²) in [5.41, 5.74) is 19.3. The summed E-state index contributed by atoms with van der Waals surface area (Å²) in [5, 5.41) is 0. The van der Waals surface area contributed by atoms with Gasteiger partial charge in [-0.1, -0.05) is 194 Å². The van der Waals surface area contributed by atoms with Gasteiger partial charge < -0.3 is 0 Å². The molecule has 0 fully saturated rings. The van der Waals surface area contributed by atoms with Crippen LogP contribution in [0.15, 0.2) is 225 Å². The van der Waals surface area contributed by atoms with E-state index in [1.807, 2.05) is 18.2 Å². The lowest BCUT2D eigenvalue weighted by atomic mass is 9.70. The van der Waals surface area contributed by atoms with Gasteiger partial charge in [0.15, 0.2) is 17.5 Å². The molecule has 0 saturated heterocycles. The van der Waals surface area contributed by atoms with Gasteiger partial charge in [-0.25, -0.2) is 19.9 Å². The number of imidazole rings is 1. The average Bonchev–Trinajstić information content (AvgIpc) is 4.01. The van der Waals surface area contributed by atoms with Crippen molar-refractivity contribution in [2.75, 3.05) is 0 Å². The number of hydrogen-bond acceptors (Lipinski definition) is 4. The van der Waals surface area contributed by atoms with E-state index in [1.165, 1.54) is 44.5 Å². The summed E-state index contributed by atoms with van der Waals surface area (Å²) >= 11 is 0. The number of benzene rings is 8. The van der Waals surface area contributed by atoms with Crippen LogP contribution >= 0.6 is 0 Å². The first kappa shape index (κ1) is 36.1. The van der Waals surface area contributed by atoms with E-state index in [-0.39, 0.29) is 0 Å². The maximum absolute atomic E-state index is 5.46. The van der Waals surface area contributed by atoms with Gasteiger partial charge in [-0.05, 0) is 79.9 Å². The molecular weight excluding hydrogens is 779 g/mol. The van der Waals surface area contributed by atoms with Gasteiger partial charge in [-0.3, -0.25) is 4.40 Å². The van der Waals surface area contributed by atoms with Gasteiger partial charge in [0.05, 0.1) is 16.8 Å². The number of fused-ring (bicyclic) bond motifs is 11. The third-order valence-corrected chi connectivity index (χ3v) is 13.1. The van der Waals surface area contributed by atoms with Crippen molar-refractivity contribution in [2.45, 2.75) is 5.41 Å². The Morgan fingerprint density at radius 1 is 0.297 bits per heavy atom. The van der Waals surface area contributed by atoms with Crippen molar-refractivity contribution < 1.29 is 0 Å². The highest BCUT2D eigenvalue weighted by atomic mass is 15.0. The number of aromatic nitrogens is 5. The zero-order valence-corrected chi connectivity index (χ0v) is 34.6. The van der Waals surface area contributed by atoms with Crippen LogP contribution in [0.3, 0.4) is 0 Å². The molecule has 5 heteroatoms. The second-order valence-corrected chi connectivity index (χ2v) is 16.5. The SMILES string of the molecule is c1ccc(-c2cccc(-c3nc(-c4ccc5c(c4)C4(c6ccccc6-c6ccccc64)c4ccccc4-5)nc(-c4ccccc4-c4c(-c5ccccc5)nc5ccccn45)n3)c2)cc1. The Morgan fingerprint density at radius 3 is 1.44 bits per heavy atom. The van der Waals surface area contributed by atoms with Crippen molar-refractivity contribution in [3.63, 3.8) is 0 Å². The van der Waals surface area contributed by atoms with Gasteiger partial charge in [0, 0.05) is 34.0 Å². The van der Waals surface area contributed by atoms with Gasteiger partial charge in [0.25, 0.3) is 0 Å². The summed E-state index contributed by atoms with van der Waals surface area (Å²) in [5.74, 6) is 1.79. The first-order valence-electron chi connectivity index (χ1n) is 21.7. The molecule has 0 radical (unpaired) electrons. The molecule has 0 aliphatic heterocycles. The van der Waals surface area contributed by atoms with Crippen molar-refractivity contribution in [3.05, 3.63) is 247 Å². The molecule has 0 saturated carbocycles. The maximum atomic E-state index is 5.46. The normalized spacial score (nSPS) is 12.8. The Labute approximate surface area is 370 Å². The number of hydrogen-bond donors (Lipinski definition) is 0. The number of rotatable bonds is 6. The molecule has 5 nitrogen and oxygen atoms in total. The van der Waals surface area contributed by atoms with Crippen molar-refractivity contribution in [2.24, 2.45) is 0 Å². The molecule has 3 heterocycles. The monoisotopic (exact) mass is 815 g/mol. The quantitative estimate of drug-likeness (QED) is 0.168. The largest absolute Gasteiger partial charge is 0.299 e. The van der Waals surface area contributed by atoms with Gasteiger partial charge in [-0.15, -0.1) is 0 Å². The second-order valence-electron chi connectivity index (χ2n) is 16.5. The molecule has 64 heavy (non-hydrogen) atoms. The maximum Gasteiger partial charge on any atom is 0.164 e. The number of pyridine rings is 1. The minimum atomic E-state index is -0.499. The summed E-state index contributed by atoms with van der Waals surface area (Å²) in [6.07, 6.45) is 2.08. The predicted octanol–water partition coefficient (Wildman–Crippen LogP) is 13.9. The summed E-state index contributed by atoms with van der Waals surface area (Å²) in [6.45, 7) is 0. The van der Waals surface area contributed by atoms with Crippen LogP contribution in [0.1, 0.15) is 22.3 Å². The molecule has 1 spiro atoms. The molecule has 13 rings (SSSR count). The lowest BCUT2D eigenvalue weighted by Gasteiger charge is -2.30. The van der Waals surface area contributed by atoms with Crippen LogP contribution in [0.25, 0.3) is 95.7 Å². The Balaban J connectivity index is 1.06. The minimum Gasteiger partial charge on any atom is -0.299 e. The third-order valence-electron chi connectivity index (χ3n) is 13.1. The van der Waals surface area contributed by atoms with E-state index < -0.39 is 5.41 Å². The fourth-order valence-electron chi connectivity index (χ4n) is 10.4. The van der Waals surface area contributed by atoms with Crippen LogP contribution in [-0.2, 0) is 5.41 Å². The summed E-state index contributed by atoms with van der Waals surface area (Å²) in [7, 11) is 0. The molecule has 298 valence electrons. The summed E-state index contributed by atoms with van der Waals surface area (Å²) < 4.78 is 2.17. The fraction of sp³-hybridized carbons (Fsp3) is 0.0169. The van der Waals surface area contributed by atoms with E-state index in [4.69, 9.17) is 19.9 Å². The molecule has 8 aromatic carbocycles. The van der Waals surface area contributed by atoms with E-state index >= 15 is 0 Å². The van der Waals surface area contributed by atoms with Crippen LogP contribution in [0.2, 0.25) is 0 Å². The van der Waals surface area contributed by atoms with Crippen LogP contribution in [0.5, 0.6) is 0 Å². The second kappa shape index (κ2) is 14.3. The van der Waals surface area contributed by atoms with Gasteiger partial charge in [-0.2, -0.15) is 0 Å². The van der Waals surface area contributed by atoms with E-state index in [0.717, 1.165) is 56.0 Å². The highest BCUT2D eigenvalue weighted by Crippen LogP contribution is 2.63. The van der Waals surface area contributed by atoms with Gasteiger partial charge >= 0.3 is 0 Å². The number of nitrogens with zero attached hydrogens (tertiary/aromatic N) is 5.